The maximum atomic E-state index is 12.8. The number of nitro benzene ring substituents is 1. The van der Waals surface area contributed by atoms with Gasteiger partial charge in [-0.25, -0.2) is 0 Å². The van der Waals surface area contributed by atoms with Crippen LogP contribution in [0, 0.1) is 10.1 Å². The van der Waals surface area contributed by atoms with Crippen LogP contribution in [0.15, 0.2) is 54.2 Å². The number of aliphatic hydroxyl groups excluding tert-OH is 2. The number of carbonyl (C=O) groups excluding carboxylic acids is 2. The molecule has 30 heavy (non-hydrogen) atoms. The van der Waals surface area contributed by atoms with Crippen LogP contribution in [-0.4, -0.2) is 63.1 Å². The number of carbonyl (C=O) groups is 2. The quantitative estimate of drug-likeness (QED) is 0.165. The Morgan fingerprint density at radius 3 is 2.67 bits per heavy atom. The van der Waals surface area contributed by atoms with E-state index < -0.39 is 28.4 Å². The highest BCUT2D eigenvalue weighted by Crippen LogP contribution is 2.38. The summed E-state index contributed by atoms with van der Waals surface area (Å²) in [6, 6.07) is 9.14. The lowest BCUT2D eigenvalue weighted by Gasteiger charge is -2.24. The second-order valence-electron chi connectivity index (χ2n) is 6.39. The lowest BCUT2D eigenvalue weighted by molar-refractivity contribution is -0.384. The van der Waals surface area contributed by atoms with Crippen LogP contribution in [0.2, 0.25) is 0 Å². The van der Waals surface area contributed by atoms with Gasteiger partial charge in [0.2, 0.25) is 0 Å². The zero-order valence-electron chi connectivity index (χ0n) is 15.8. The van der Waals surface area contributed by atoms with Crippen LogP contribution < -0.4 is 0 Å². The number of likely N-dealkylation sites (tertiary alicyclic amines) is 1. The summed E-state index contributed by atoms with van der Waals surface area (Å²) in [7, 11) is 0. The van der Waals surface area contributed by atoms with Crippen molar-refractivity contribution in [3.05, 3.63) is 75.6 Å². The highest BCUT2D eigenvalue weighted by atomic mass is 16.6. The minimum Gasteiger partial charge on any atom is -0.507 e. The largest absolute Gasteiger partial charge is 0.507 e. The van der Waals surface area contributed by atoms with Crippen molar-refractivity contribution in [2.75, 3.05) is 26.4 Å². The first-order valence-electron chi connectivity index (χ1n) is 9.08. The zero-order valence-corrected chi connectivity index (χ0v) is 15.8. The third-order valence-electron chi connectivity index (χ3n) is 4.55. The Labute approximate surface area is 171 Å². The molecule has 2 heterocycles. The molecular weight excluding hydrogens is 394 g/mol. The molecule has 2 aromatic rings. The molecule has 156 valence electrons. The number of ether oxygens (including phenoxy) is 1. The summed E-state index contributed by atoms with van der Waals surface area (Å²) in [6.45, 7) is -0.0214. The number of nitro groups is 1. The molecule has 0 bridgehead atoms. The first-order chi connectivity index (χ1) is 14.5. The summed E-state index contributed by atoms with van der Waals surface area (Å²) < 4.78 is 5.21. The van der Waals surface area contributed by atoms with Gasteiger partial charge in [-0.1, -0.05) is 18.2 Å². The topological polar surface area (TPSA) is 143 Å². The molecule has 0 spiro atoms. The molecule has 3 rings (SSSR count). The number of aliphatic hydroxyl groups is 2. The molecule has 1 aliphatic rings. The summed E-state index contributed by atoms with van der Waals surface area (Å²) in [5.74, 6) is -2.28. The van der Waals surface area contributed by atoms with Gasteiger partial charge in [0.1, 0.15) is 11.8 Å². The Morgan fingerprint density at radius 2 is 2.00 bits per heavy atom. The summed E-state index contributed by atoms with van der Waals surface area (Å²) >= 11 is 0. The van der Waals surface area contributed by atoms with Gasteiger partial charge < -0.3 is 19.8 Å². The summed E-state index contributed by atoms with van der Waals surface area (Å²) in [5.41, 5.74) is -0.0769. The van der Waals surface area contributed by atoms with Gasteiger partial charge in [-0.3, -0.25) is 24.7 Å². The van der Waals surface area contributed by atoms with Gasteiger partial charge in [-0.05, 0) is 12.1 Å². The monoisotopic (exact) mass is 413 g/mol. The van der Waals surface area contributed by atoms with Gasteiger partial charge in [0.25, 0.3) is 17.4 Å². The fourth-order valence-electron chi connectivity index (χ4n) is 3.21. The number of Topliss-reactive ketones (excluding diaryl/α,β-unsaturated/α-hetero) is 1. The van der Waals surface area contributed by atoms with E-state index in [-0.39, 0.29) is 43.2 Å². The number of non-ortho nitro benzene ring substituents is 1. The minimum atomic E-state index is -0.983. The van der Waals surface area contributed by atoms with Crippen LogP contribution >= 0.6 is 0 Å². The highest BCUT2D eigenvalue weighted by Gasteiger charge is 2.46. The van der Waals surface area contributed by atoms with Crippen molar-refractivity contribution in [1.29, 1.82) is 0 Å². The van der Waals surface area contributed by atoms with Crippen LogP contribution in [0.5, 0.6) is 0 Å². The molecule has 1 aliphatic heterocycles. The summed E-state index contributed by atoms with van der Waals surface area (Å²) in [6.07, 6.45) is 1.49. The van der Waals surface area contributed by atoms with E-state index in [9.17, 15) is 24.8 Å². The van der Waals surface area contributed by atoms with E-state index in [2.05, 4.69) is 4.98 Å². The van der Waals surface area contributed by atoms with Gasteiger partial charge in [0, 0.05) is 30.4 Å². The van der Waals surface area contributed by atoms with Crippen molar-refractivity contribution >= 4 is 23.1 Å². The Balaban J connectivity index is 2.07. The third kappa shape index (κ3) is 4.19. The molecule has 1 fully saturated rings. The van der Waals surface area contributed by atoms with Gasteiger partial charge in [0.05, 0.1) is 36.0 Å². The second-order valence-corrected chi connectivity index (χ2v) is 6.39. The molecular formula is C20H19N3O7. The number of benzene rings is 1. The second kappa shape index (κ2) is 9.25. The SMILES string of the molecule is O=C1C(=O)N(CCOCCO)[C@H](c2ccccn2)/C1=C(\O)c1cccc([N+](=O)[O-])c1. The zero-order chi connectivity index (χ0) is 21.7. The van der Waals surface area contributed by atoms with Gasteiger partial charge in [-0.15, -0.1) is 0 Å². The van der Waals surface area contributed by atoms with Crippen molar-refractivity contribution in [2.45, 2.75) is 6.04 Å². The highest BCUT2D eigenvalue weighted by molar-refractivity contribution is 6.46. The Hall–Kier alpha value is -3.63. The molecule has 1 saturated heterocycles. The number of rotatable bonds is 8. The van der Waals surface area contributed by atoms with Crippen molar-refractivity contribution in [3.8, 4) is 0 Å². The predicted molar refractivity (Wildman–Crippen MR) is 104 cm³/mol. The molecule has 0 saturated carbocycles. The average Bonchev–Trinajstić information content (AvgIpc) is 3.01. The molecule has 2 N–H and O–H groups in total. The fourth-order valence-corrected chi connectivity index (χ4v) is 3.21. The molecule has 0 aliphatic carbocycles. The van der Waals surface area contributed by atoms with Gasteiger partial charge in [0.15, 0.2) is 0 Å². The van der Waals surface area contributed by atoms with Gasteiger partial charge >= 0.3 is 0 Å². The van der Waals surface area contributed by atoms with Crippen LogP contribution in [0.25, 0.3) is 5.76 Å². The van der Waals surface area contributed by atoms with Crippen molar-refractivity contribution < 1.29 is 29.5 Å². The van der Waals surface area contributed by atoms with Gasteiger partial charge in [-0.2, -0.15) is 0 Å². The maximum Gasteiger partial charge on any atom is 0.295 e. The Bertz CT molecular complexity index is 991. The Morgan fingerprint density at radius 1 is 1.20 bits per heavy atom. The van der Waals surface area contributed by atoms with Crippen molar-refractivity contribution in [1.82, 2.24) is 9.88 Å². The molecule has 1 atom stereocenters. The molecule has 0 radical (unpaired) electrons. The number of hydrogen-bond acceptors (Lipinski definition) is 8. The van der Waals surface area contributed by atoms with E-state index in [1.165, 1.54) is 29.3 Å². The van der Waals surface area contributed by atoms with E-state index in [0.717, 1.165) is 6.07 Å². The van der Waals surface area contributed by atoms with E-state index in [4.69, 9.17) is 9.84 Å². The summed E-state index contributed by atoms with van der Waals surface area (Å²) in [4.78, 5) is 41.3. The number of pyridine rings is 1. The Kier molecular flexibility index (Phi) is 6.50. The first-order valence-corrected chi connectivity index (χ1v) is 9.08. The number of amides is 1. The van der Waals surface area contributed by atoms with Crippen LogP contribution in [0.1, 0.15) is 17.3 Å². The average molecular weight is 413 g/mol. The molecule has 1 aromatic carbocycles. The van der Waals surface area contributed by atoms with E-state index >= 15 is 0 Å². The molecule has 1 amide bonds. The fraction of sp³-hybridized carbons (Fsp3) is 0.250. The molecule has 0 unspecified atom stereocenters. The maximum absolute atomic E-state index is 12.8. The smallest absolute Gasteiger partial charge is 0.295 e. The lowest BCUT2D eigenvalue weighted by Crippen LogP contribution is -2.33. The number of ketones is 1. The normalized spacial score (nSPS) is 18.0. The number of hydrogen-bond donors (Lipinski definition) is 2. The number of nitrogens with zero attached hydrogens (tertiary/aromatic N) is 3. The standard InChI is InChI=1S/C20H19N3O7/c24-9-11-30-10-8-22-17(15-6-1-2-7-21-15)16(19(26)20(22)27)18(25)13-4-3-5-14(12-13)23(28)29/h1-7,12,17,24-25H,8-11H2/b18-16+/t17-/m1/s1. The van der Waals surface area contributed by atoms with E-state index in [1.54, 1.807) is 18.2 Å². The van der Waals surface area contributed by atoms with Crippen LogP contribution in [0.4, 0.5) is 5.69 Å². The number of aromatic nitrogens is 1. The van der Waals surface area contributed by atoms with Crippen LogP contribution in [-0.2, 0) is 14.3 Å². The predicted octanol–water partition coefficient (Wildman–Crippen LogP) is 1.42. The minimum absolute atomic E-state index is 0.0253. The first kappa shape index (κ1) is 21.1. The van der Waals surface area contributed by atoms with Crippen molar-refractivity contribution in [2.24, 2.45) is 0 Å². The van der Waals surface area contributed by atoms with E-state index in [1.807, 2.05) is 0 Å². The lowest BCUT2D eigenvalue weighted by atomic mass is 9.98. The third-order valence-corrected chi connectivity index (χ3v) is 4.55. The van der Waals surface area contributed by atoms with Crippen LogP contribution in [0.3, 0.4) is 0 Å². The van der Waals surface area contributed by atoms with E-state index in [0.29, 0.717) is 5.69 Å². The molecule has 10 heteroatoms. The van der Waals surface area contributed by atoms with Crippen molar-refractivity contribution in [3.63, 3.8) is 0 Å². The molecule has 1 aromatic heterocycles. The molecule has 10 nitrogen and oxygen atoms in total. The summed E-state index contributed by atoms with van der Waals surface area (Å²) in [5, 5.41) is 30.7.